The van der Waals surface area contributed by atoms with Gasteiger partial charge in [-0.1, -0.05) is 59.1 Å². The number of hydrogen-bond acceptors (Lipinski definition) is 4. The van der Waals surface area contributed by atoms with E-state index in [-0.39, 0.29) is 12.2 Å². The summed E-state index contributed by atoms with van der Waals surface area (Å²) < 4.78 is 12.3. The molecule has 0 radical (unpaired) electrons. The number of benzene rings is 4. The Morgan fingerprint density at radius 3 is 2.36 bits per heavy atom. The number of nitriles is 1. The van der Waals surface area contributed by atoms with Gasteiger partial charge in [-0.25, -0.2) is 0 Å². The van der Waals surface area contributed by atoms with Crippen LogP contribution in [0.25, 0.3) is 6.08 Å². The molecule has 0 aliphatic carbocycles. The number of halogens is 4. The Morgan fingerprint density at radius 2 is 1.67 bits per heavy atom. The smallest absolute Gasteiger partial charge is 0.266 e. The quantitative estimate of drug-likeness (QED) is 0.146. The molecule has 0 fully saturated rings. The maximum absolute atomic E-state index is 12.7. The third-order valence-corrected chi connectivity index (χ3v) is 6.88. The molecule has 196 valence electrons. The van der Waals surface area contributed by atoms with Crippen LogP contribution in [-0.4, -0.2) is 5.91 Å². The molecule has 4 rings (SSSR count). The number of nitrogens with zero attached hydrogens (tertiary/aromatic N) is 1. The first-order valence-corrected chi connectivity index (χ1v) is 13.5. The average Bonchev–Trinajstić information content (AvgIpc) is 2.91. The molecule has 0 bridgehead atoms. The zero-order chi connectivity index (χ0) is 27.8. The average molecular weight is 643 g/mol. The lowest BCUT2D eigenvalue weighted by Crippen LogP contribution is -2.13. The van der Waals surface area contributed by atoms with Crippen molar-refractivity contribution in [3.05, 3.63) is 127 Å². The van der Waals surface area contributed by atoms with E-state index < -0.39 is 5.91 Å². The molecule has 1 amide bonds. The van der Waals surface area contributed by atoms with Gasteiger partial charge in [-0.3, -0.25) is 4.79 Å². The third-order valence-electron chi connectivity index (χ3n) is 5.44. The molecule has 4 aromatic rings. The van der Waals surface area contributed by atoms with Gasteiger partial charge in [-0.05, 0) is 93.8 Å². The Balaban J connectivity index is 1.35. The number of hydrogen-bond donors (Lipinski definition) is 1. The van der Waals surface area contributed by atoms with E-state index in [9.17, 15) is 10.1 Å². The zero-order valence-corrected chi connectivity index (χ0v) is 24.1. The van der Waals surface area contributed by atoms with E-state index in [4.69, 9.17) is 44.3 Å². The molecule has 0 unspecified atom stereocenters. The molecule has 0 aliphatic heterocycles. The molecule has 9 heteroatoms. The maximum Gasteiger partial charge on any atom is 0.266 e. The summed E-state index contributed by atoms with van der Waals surface area (Å²) in [7, 11) is 0. The second-order valence-corrected chi connectivity index (χ2v) is 10.4. The van der Waals surface area contributed by atoms with E-state index >= 15 is 0 Å². The first kappa shape index (κ1) is 28.5. The van der Waals surface area contributed by atoms with Crippen molar-refractivity contribution in [1.29, 1.82) is 5.26 Å². The predicted molar refractivity (Wildman–Crippen MR) is 159 cm³/mol. The number of carbonyl (C=O) groups is 1. The van der Waals surface area contributed by atoms with Crippen molar-refractivity contribution in [2.24, 2.45) is 0 Å². The first-order valence-electron chi connectivity index (χ1n) is 11.6. The molecule has 0 aliphatic rings. The van der Waals surface area contributed by atoms with Crippen LogP contribution in [0.2, 0.25) is 15.1 Å². The Hall–Kier alpha value is -3.47. The summed E-state index contributed by atoms with van der Waals surface area (Å²) in [6, 6.07) is 26.7. The van der Waals surface area contributed by atoms with Crippen LogP contribution in [0, 0.1) is 11.3 Å². The SMILES string of the molecule is N#C/C(=C\c1ccc(OCc2cccc(Cl)c2)c(Br)c1)C(=O)Nc1ccc(OCc2ccc(Cl)cc2Cl)cc1. The normalized spacial score (nSPS) is 11.0. The minimum Gasteiger partial charge on any atom is -0.489 e. The van der Waals surface area contributed by atoms with Gasteiger partial charge >= 0.3 is 0 Å². The van der Waals surface area contributed by atoms with Crippen molar-refractivity contribution in [3.63, 3.8) is 0 Å². The maximum atomic E-state index is 12.7. The van der Waals surface area contributed by atoms with Crippen molar-refractivity contribution < 1.29 is 14.3 Å². The Morgan fingerprint density at radius 1 is 0.897 bits per heavy atom. The second kappa shape index (κ2) is 13.5. The highest BCUT2D eigenvalue weighted by molar-refractivity contribution is 9.10. The highest BCUT2D eigenvalue weighted by Crippen LogP contribution is 2.28. The topological polar surface area (TPSA) is 71.3 Å². The molecule has 0 heterocycles. The summed E-state index contributed by atoms with van der Waals surface area (Å²) in [5.74, 6) is 0.685. The molecular formula is C30H20BrCl3N2O3. The van der Waals surface area contributed by atoms with E-state index in [0.717, 1.165) is 11.1 Å². The van der Waals surface area contributed by atoms with Gasteiger partial charge in [0.15, 0.2) is 0 Å². The fraction of sp³-hybridized carbons (Fsp3) is 0.0667. The summed E-state index contributed by atoms with van der Waals surface area (Å²) in [6.07, 6.45) is 1.51. The van der Waals surface area contributed by atoms with Gasteiger partial charge in [0.1, 0.15) is 36.4 Å². The van der Waals surface area contributed by atoms with Crippen LogP contribution in [0.1, 0.15) is 16.7 Å². The van der Waals surface area contributed by atoms with Gasteiger partial charge < -0.3 is 14.8 Å². The van der Waals surface area contributed by atoms with Gasteiger partial charge in [0.05, 0.1) is 4.47 Å². The highest BCUT2D eigenvalue weighted by atomic mass is 79.9. The fourth-order valence-corrected chi connectivity index (χ4v) is 4.65. The Bertz CT molecular complexity index is 1570. The summed E-state index contributed by atoms with van der Waals surface area (Å²) in [5, 5.41) is 14.0. The number of rotatable bonds is 9. The van der Waals surface area contributed by atoms with Gasteiger partial charge in [-0.15, -0.1) is 0 Å². The lowest BCUT2D eigenvalue weighted by molar-refractivity contribution is -0.112. The molecule has 5 nitrogen and oxygen atoms in total. The summed E-state index contributed by atoms with van der Waals surface area (Å²) in [4.78, 5) is 12.7. The lowest BCUT2D eigenvalue weighted by Gasteiger charge is -2.10. The van der Waals surface area contributed by atoms with Crippen LogP contribution in [-0.2, 0) is 18.0 Å². The summed E-state index contributed by atoms with van der Waals surface area (Å²) in [6.45, 7) is 0.613. The molecule has 4 aromatic carbocycles. The van der Waals surface area contributed by atoms with Crippen LogP contribution >= 0.6 is 50.7 Å². The van der Waals surface area contributed by atoms with E-state index in [0.29, 0.717) is 48.9 Å². The number of nitrogens with one attached hydrogen (secondary N) is 1. The van der Waals surface area contributed by atoms with Crippen LogP contribution in [0.15, 0.2) is 95.0 Å². The Kier molecular flexibility index (Phi) is 9.91. The number of ether oxygens (including phenoxy) is 2. The van der Waals surface area contributed by atoms with Crippen LogP contribution in [0.4, 0.5) is 5.69 Å². The van der Waals surface area contributed by atoms with Crippen molar-refractivity contribution in [1.82, 2.24) is 0 Å². The van der Waals surface area contributed by atoms with Crippen molar-refractivity contribution in [2.75, 3.05) is 5.32 Å². The third kappa shape index (κ3) is 8.26. The standard InChI is InChI=1S/C30H20BrCl3N2O3/c31-27-14-19(4-11-29(27)39-17-20-2-1-3-23(32)13-20)12-22(16-35)30(37)36-25-7-9-26(10-8-25)38-18-21-5-6-24(33)15-28(21)34/h1-15H,17-18H2,(H,36,37)/b22-12+. The summed E-state index contributed by atoms with van der Waals surface area (Å²) >= 11 is 21.6. The van der Waals surface area contributed by atoms with Gasteiger partial charge in [0, 0.05) is 26.3 Å². The molecule has 1 N–H and O–H groups in total. The van der Waals surface area contributed by atoms with Crippen molar-refractivity contribution in [3.8, 4) is 17.6 Å². The van der Waals surface area contributed by atoms with Crippen molar-refractivity contribution in [2.45, 2.75) is 13.2 Å². The molecular weight excluding hydrogens is 623 g/mol. The summed E-state index contributed by atoms with van der Waals surface area (Å²) in [5.41, 5.74) is 2.87. The van der Waals surface area contributed by atoms with E-state index in [1.165, 1.54) is 6.08 Å². The largest absolute Gasteiger partial charge is 0.489 e. The molecule has 0 aromatic heterocycles. The van der Waals surface area contributed by atoms with E-state index in [1.54, 1.807) is 66.7 Å². The van der Waals surface area contributed by atoms with Crippen molar-refractivity contribution >= 4 is 68.4 Å². The molecule has 0 saturated heterocycles. The highest BCUT2D eigenvalue weighted by Gasteiger charge is 2.11. The van der Waals surface area contributed by atoms with Crippen LogP contribution in [0.3, 0.4) is 0 Å². The monoisotopic (exact) mass is 640 g/mol. The van der Waals surface area contributed by atoms with E-state index in [1.807, 2.05) is 24.3 Å². The molecule has 0 saturated carbocycles. The van der Waals surface area contributed by atoms with Gasteiger partial charge in [0.25, 0.3) is 5.91 Å². The van der Waals surface area contributed by atoms with E-state index in [2.05, 4.69) is 21.2 Å². The minimum absolute atomic E-state index is 0.0489. The molecule has 0 spiro atoms. The van der Waals surface area contributed by atoms with Crippen LogP contribution in [0.5, 0.6) is 11.5 Å². The fourth-order valence-electron chi connectivity index (χ4n) is 3.46. The lowest BCUT2D eigenvalue weighted by atomic mass is 10.1. The minimum atomic E-state index is -0.531. The molecule has 0 atom stereocenters. The van der Waals surface area contributed by atoms with Crippen LogP contribution < -0.4 is 14.8 Å². The predicted octanol–water partition coefficient (Wildman–Crippen LogP) is 9.11. The first-order chi connectivity index (χ1) is 18.8. The Labute approximate surface area is 249 Å². The number of carbonyl (C=O) groups excluding carboxylic acids is 1. The number of amides is 1. The number of anilines is 1. The van der Waals surface area contributed by atoms with Gasteiger partial charge in [-0.2, -0.15) is 5.26 Å². The molecule has 39 heavy (non-hydrogen) atoms. The van der Waals surface area contributed by atoms with Gasteiger partial charge in [0.2, 0.25) is 0 Å². The second-order valence-electron chi connectivity index (χ2n) is 8.28. The zero-order valence-electron chi connectivity index (χ0n) is 20.3.